The van der Waals surface area contributed by atoms with E-state index in [0.29, 0.717) is 13.1 Å². The minimum atomic E-state index is -0.928. The topological polar surface area (TPSA) is 35.6 Å². The molecule has 0 aromatic carbocycles. The normalized spacial score (nSPS) is 30.1. The van der Waals surface area contributed by atoms with E-state index in [0.717, 1.165) is 0 Å². The monoisotopic (exact) mass is 241 g/mol. The van der Waals surface area contributed by atoms with Gasteiger partial charge in [0.25, 0.3) is 5.91 Å². The van der Waals surface area contributed by atoms with Crippen molar-refractivity contribution in [3.05, 3.63) is 25.1 Å². The number of hydrogen-bond donors (Lipinski definition) is 1. The van der Waals surface area contributed by atoms with Crippen LogP contribution >= 0.6 is 0 Å². The zero-order chi connectivity index (χ0) is 13.2. The summed E-state index contributed by atoms with van der Waals surface area (Å²) in [6, 6.07) is 0.108. The predicted octanol–water partition coefficient (Wildman–Crippen LogP) is 1.08. The van der Waals surface area contributed by atoms with E-state index in [-0.39, 0.29) is 6.04 Å². The van der Waals surface area contributed by atoms with Crippen LogP contribution in [0, 0.1) is 0 Å². The Kier molecular flexibility index (Phi) is 4.06. The van der Waals surface area contributed by atoms with Crippen LogP contribution in [-0.2, 0) is 4.79 Å². The number of nitrogens with one attached hydrogen (secondary N) is 1. The van der Waals surface area contributed by atoms with Gasteiger partial charge in [-0.25, -0.2) is 9.40 Å². The van der Waals surface area contributed by atoms with E-state index in [1.165, 1.54) is 4.90 Å². The number of nitrogens with zero attached hydrogens (tertiary/aromatic N) is 2. The fourth-order valence-corrected chi connectivity index (χ4v) is 2.09. The molecule has 5 heteroatoms. The lowest BCUT2D eigenvalue weighted by Gasteiger charge is -2.49. The standard InChI is InChI=1S/C12H20FN3O/c1-6-12(4)8-16(14-5)9(2)7-15(12)11(17)10(3)13/h6,9,14H,1,3,7-8H2,2,4-5H3/t9-,12-/m0/s1. The number of hydrazine groups is 1. The Morgan fingerprint density at radius 3 is 2.65 bits per heavy atom. The van der Waals surface area contributed by atoms with Gasteiger partial charge in [0, 0.05) is 19.1 Å². The van der Waals surface area contributed by atoms with Crippen LogP contribution in [0.2, 0.25) is 0 Å². The van der Waals surface area contributed by atoms with E-state index in [4.69, 9.17) is 0 Å². The maximum absolute atomic E-state index is 13.0. The zero-order valence-electron chi connectivity index (χ0n) is 10.7. The van der Waals surface area contributed by atoms with Gasteiger partial charge in [-0.15, -0.1) is 6.58 Å². The molecule has 4 nitrogen and oxygen atoms in total. The van der Waals surface area contributed by atoms with Gasteiger partial charge in [0.05, 0.1) is 5.54 Å². The Hall–Kier alpha value is -1.20. The molecule has 96 valence electrons. The fraction of sp³-hybridized carbons (Fsp3) is 0.583. The molecule has 0 radical (unpaired) electrons. The van der Waals surface area contributed by atoms with Crippen molar-refractivity contribution in [3.63, 3.8) is 0 Å². The van der Waals surface area contributed by atoms with E-state index < -0.39 is 17.3 Å². The molecule has 1 saturated heterocycles. The fourth-order valence-electron chi connectivity index (χ4n) is 2.09. The maximum atomic E-state index is 13.0. The highest BCUT2D eigenvalue weighted by atomic mass is 19.1. The summed E-state index contributed by atoms with van der Waals surface area (Å²) in [6.07, 6.45) is 1.67. The lowest BCUT2D eigenvalue weighted by atomic mass is 9.94. The van der Waals surface area contributed by atoms with Crippen molar-refractivity contribution in [2.45, 2.75) is 25.4 Å². The molecule has 0 aromatic rings. The molecule has 1 heterocycles. The molecule has 0 unspecified atom stereocenters. The van der Waals surface area contributed by atoms with Gasteiger partial charge >= 0.3 is 0 Å². The Labute approximate surface area is 102 Å². The third kappa shape index (κ3) is 2.56. The first-order chi connectivity index (χ1) is 7.85. The summed E-state index contributed by atoms with van der Waals surface area (Å²) in [5.41, 5.74) is 2.47. The van der Waals surface area contributed by atoms with Gasteiger partial charge in [-0.2, -0.15) is 0 Å². The molecule has 0 aliphatic carbocycles. The number of carbonyl (C=O) groups is 1. The van der Waals surface area contributed by atoms with Gasteiger partial charge in [0.1, 0.15) is 0 Å². The van der Waals surface area contributed by atoms with Crippen molar-refractivity contribution in [1.82, 2.24) is 15.3 Å². The summed E-state index contributed by atoms with van der Waals surface area (Å²) >= 11 is 0. The first-order valence-electron chi connectivity index (χ1n) is 5.59. The van der Waals surface area contributed by atoms with Gasteiger partial charge in [0.2, 0.25) is 0 Å². The number of carbonyl (C=O) groups excluding carboxylic acids is 1. The quantitative estimate of drug-likeness (QED) is 0.593. The van der Waals surface area contributed by atoms with E-state index in [1.807, 2.05) is 25.9 Å². The van der Waals surface area contributed by atoms with Gasteiger partial charge in [-0.05, 0) is 20.9 Å². The third-order valence-electron chi connectivity index (χ3n) is 3.29. The summed E-state index contributed by atoms with van der Waals surface area (Å²) in [5.74, 6) is -1.59. The second kappa shape index (κ2) is 4.98. The van der Waals surface area contributed by atoms with Crippen LogP contribution in [0.3, 0.4) is 0 Å². The van der Waals surface area contributed by atoms with Crippen molar-refractivity contribution in [1.29, 1.82) is 0 Å². The highest BCUT2D eigenvalue weighted by molar-refractivity contribution is 5.91. The number of hydrogen-bond acceptors (Lipinski definition) is 3. The lowest BCUT2D eigenvalue weighted by molar-refractivity contribution is -0.139. The molecule has 0 bridgehead atoms. The molecule has 1 N–H and O–H groups in total. The summed E-state index contributed by atoms with van der Waals surface area (Å²) < 4.78 is 13.0. The van der Waals surface area contributed by atoms with Crippen molar-refractivity contribution in [2.75, 3.05) is 20.1 Å². The largest absolute Gasteiger partial charge is 0.325 e. The number of rotatable bonds is 3. The van der Waals surface area contributed by atoms with E-state index >= 15 is 0 Å². The number of piperazine rings is 1. The Morgan fingerprint density at radius 2 is 2.24 bits per heavy atom. The van der Waals surface area contributed by atoms with Gasteiger partial charge in [-0.1, -0.05) is 12.7 Å². The Bertz CT molecular complexity index is 345. The molecule has 0 spiro atoms. The molecule has 1 rings (SSSR count). The van der Waals surface area contributed by atoms with Gasteiger partial charge in [-0.3, -0.25) is 10.2 Å². The van der Waals surface area contributed by atoms with Crippen molar-refractivity contribution >= 4 is 5.91 Å². The molecule has 2 atom stereocenters. The summed E-state index contributed by atoms with van der Waals surface area (Å²) in [6.45, 7) is 11.6. The van der Waals surface area contributed by atoms with E-state index in [1.54, 1.807) is 6.08 Å². The molecule has 0 saturated carbocycles. The molecule has 1 aliphatic rings. The molecule has 17 heavy (non-hydrogen) atoms. The molecule has 1 fully saturated rings. The first kappa shape index (κ1) is 13.9. The van der Waals surface area contributed by atoms with E-state index in [2.05, 4.69) is 18.6 Å². The molecule has 0 aromatic heterocycles. The predicted molar refractivity (Wildman–Crippen MR) is 65.8 cm³/mol. The van der Waals surface area contributed by atoms with Crippen LogP contribution in [0.5, 0.6) is 0 Å². The average Bonchev–Trinajstić information content (AvgIpc) is 2.30. The summed E-state index contributed by atoms with van der Waals surface area (Å²) in [4.78, 5) is 13.3. The highest BCUT2D eigenvalue weighted by Crippen LogP contribution is 2.26. The van der Waals surface area contributed by atoms with E-state index in [9.17, 15) is 9.18 Å². The van der Waals surface area contributed by atoms with Crippen molar-refractivity contribution in [3.8, 4) is 0 Å². The van der Waals surface area contributed by atoms with Crippen LogP contribution in [0.25, 0.3) is 0 Å². The average molecular weight is 241 g/mol. The van der Waals surface area contributed by atoms with Crippen molar-refractivity contribution in [2.24, 2.45) is 0 Å². The van der Waals surface area contributed by atoms with Crippen LogP contribution in [0.1, 0.15) is 13.8 Å². The third-order valence-corrected chi connectivity index (χ3v) is 3.29. The molecular weight excluding hydrogens is 221 g/mol. The first-order valence-corrected chi connectivity index (χ1v) is 5.59. The van der Waals surface area contributed by atoms with Gasteiger partial charge in [0.15, 0.2) is 5.83 Å². The smallest absolute Gasteiger partial charge is 0.282 e. The summed E-state index contributed by atoms with van der Waals surface area (Å²) in [5, 5.41) is 2.01. The molecular formula is C12H20FN3O. The minimum Gasteiger partial charge on any atom is -0.325 e. The maximum Gasteiger partial charge on any atom is 0.282 e. The van der Waals surface area contributed by atoms with Crippen LogP contribution in [-0.4, -0.2) is 47.5 Å². The second-order valence-electron chi connectivity index (χ2n) is 4.58. The van der Waals surface area contributed by atoms with Crippen LogP contribution < -0.4 is 5.43 Å². The lowest BCUT2D eigenvalue weighted by Crippen LogP contribution is -2.66. The molecule has 1 amide bonds. The van der Waals surface area contributed by atoms with Crippen LogP contribution in [0.15, 0.2) is 25.1 Å². The second-order valence-corrected chi connectivity index (χ2v) is 4.58. The van der Waals surface area contributed by atoms with Gasteiger partial charge < -0.3 is 4.90 Å². The number of amides is 1. The number of halogens is 1. The minimum absolute atomic E-state index is 0.108. The highest BCUT2D eigenvalue weighted by Gasteiger charge is 2.41. The zero-order valence-corrected chi connectivity index (χ0v) is 10.7. The Balaban J connectivity index is 3.00. The Morgan fingerprint density at radius 1 is 1.65 bits per heavy atom. The van der Waals surface area contributed by atoms with Crippen molar-refractivity contribution < 1.29 is 9.18 Å². The molecule has 1 aliphatic heterocycles. The SMILES string of the molecule is C=C[C@@]1(C)CN(NC)[C@@H](C)CN1C(=O)C(=C)F. The van der Waals surface area contributed by atoms with Crippen LogP contribution in [0.4, 0.5) is 4.39 Å². The summed E-state index contributed by atoms with van der Waals surface area (Å²) in [7, 11) is 1.82.